The van der Waals surface area contributed by atoms with Gasteiger partial charge in [-0.1, -0.05) is 77.5 Å². The van der Waals surface area contributed by atoms with Gasteiger partial charge in [0, 0.05) is 25.6 Å². The predicted molar refractivity (Wildman–Crippen MR) is 167 cm³/mol. The summed E-state index contributed by atoms with van der Waals surface area (Å²) in [5, 5.41) is 16.2. The second-order valence-corrected chi connectivity index (χ2v) is 10.5. The predicted octanol–water partition coefficient (Wildman–Crippen LogP) is 7.23. The number of carbonyl (C=O) groups is 1. The fourth-order valence-corrected chi connectivity index (χ4v) is 5.16. The van der Waals surface area contributed by atoms with Crippen LogP contribution in [0.1, 0.15) is 15.9 Å². The molecule has 2 N–H and O–H groups in total. The standard InChI is InChI=1S/C22H13ClO3.C9H5ClINO.Cu.H2O/c23-16-9-5-14(6-10-16)7-11-20(24)19-13-18-17-4-2-1-3-15(17)8-12-21(18)26-22(19)25;10-6-4-7(11)9(13)8-5(6)2-1-3-12-8;;/h1-13H;1-4,13H;;1H2/q;;+1;/p-1/b11-7+;;;. The summed E-state index contributed by atoms with van der Waals surface area (Å²) in [4.78, 5) is 28.7. The Balaban J connectivity index is 0.000000262. The molecule has 0 aliphatic heterocycles. The van der Waals surface area contributed by atoms with E-state index in [1.807, 2.05) is 52.9 Å². The van der Waals surface area contributed by atoms with Crippen molar-refractivity contribution in [3.05, 3.63) is 132 Å². The number of fused-ring (bicyclic) bond motifs is 4. The topological polar surface area (TPSA) is 115 Å². The van der Waals surface area contributed by atoms with Crippen LogP contribution in [0.15, 0.2) is 106 Å². The molecule has 0 amide bonds. The van der Waals surface area contributed by atoms with E-state index in [1.54, 1.807) is 66.9 Å². The fraction of sp³-hybridized carbons (Fsp3) is 0. The van der Waals surface area contributed by atoms with Crippen LogP contribution in [-0.2, 0) is 17.1 Å². The molecule has 0 aliphatic rings. The fourth-order valence-electron chi connectivity index (χ4n) is 4.03. The van der Waals surface area contributed by atoms with Crippen molar-refractivity contribution >= 4 is 90.3 Å². The molecule has 2 heterocycles. The number of ketones is 1. The first-order valence-corrected chi connectivity index (χ1v) is 13.5. The summed E-state index contributed by atoms with van der Waals surface area (Å²) in [6.45, 7) is 0. The molecule has 0 spiro atoms. The maximum absolute atomic E-state index is 12.5. The molecular formula is C31H19Cl2CuINO5. The number of nitrogens with zero attached hydrogens (tertiary/aromatic N) is 1. The number of aromatic nitrogens is 1. The summed E-state index contributed by atoms with van der Waals surface area (Å²) in [6.07, 6.45) is 4.61. The summed E-state index contributed by atoms with van der Waals surface area (Å²) in [7, 11) is 0. The van der Waals surface area contributed by atoms with E-state index in [1.165, 1.54) is 6.08 Å². The van der Waals surface area contributed by atoms with Crippen LogP contribution in [0.5, 0.6) is 5.75 Å². The van der Waals surface area contributed by atoms with Crippen LogP contribution in [0.4, 0.5) is 0 Å². The molecule has 0 saturated carbocycles. The average Bonchev–Trinajstić information content (AvgIpc) is 2.95. The number of halogens is 3. The van der Waals surface area contributed by atoms with E-state index in [9.17, 15) is 14.7 Å². The first-order valence-electron chi connectivity index (χ1n) is 11.6. The van der Waals surface area contributed by atoms with Crippen LogP contribution < -0.4 is 10.7 Å². The first-order chi connectivity index (χ1) is 18.8. The Kier molecular flexibility index (Phi) is 11.1. The summed E-state index contributed by atoms with van der Waals surface area (Å²) < 4.78 is 5.97. The van der Waals surface area contributed by atoms with Crippen molar-refractivity contribution in [3.8, 4) is 5.75 Å². The number of rotatable bonds is 3. The molecule has 0 atom stereocenters. The zero-order valence-corrected chi connectivity index (χ0v) is 25.4. The second-order valence-electron chi connectivity index (χ2n) is 8.46. The molecular weight excluding hydrogens is 728 g/mol. The SMILES string of the molecule is O.O=C(/C=C/c1ccc(Cl)cc1)c1cc2c(ccc3ccccc32)oc1=O.[Cu+].[O-]c1c(I)cc(Cl)c2cccnc12. The molecule has 0 aliphatic carbocycles. The zero-order chi connectivity index (χ0) is 27.5. The molecule has 2 aromatic heterocycles. The summed E-state index contributed by atoms with van der Waals surface area (Å²) in [6, 6.07) is 25.3. The molecule has 210 valence electrons. The minimum Gasteiger partial charge on any atom is -0.870 e. The Hall–Kier alpha value is -3.24. The monoisotopic (exact) mass is 745 g/mol. The maximum Gasteiger partial charge on any atom is 1.00 e. The number of carbonyl (C=O) groups excluding carboxylic acids is 1. The quantitative estimate of drug-likeness (QED) is 0.0474. The van der Waals surface area contributed by atoms with E-state index in [2.05, 4.69) is 4.98 Å². The molecule has 0 radical (unpaired) electrons. The van der Waals surface area contributed by atoms with Crippen LogP contribution in [0.2, 0.25) is 10.0 Å². The number of hydrogen-bond donors (Lipinski definition) is 0. The van der Waals surface area contributed by atoms with Gasteiger partial charge in [-0.3, -0.25) is 9.78 Å². The molecule has 0 unspecified atom stereocenters. The van der Waals surface area contributed by atoms with E-state index in [0.717, 1.165) is 27.1 Å². The van der Waals surface area contributed by atoms with Gasteiger partial charge in [-0.15, -0.1) is 0 Å². The van der Waals surface area contributed by atoms with Crippen LogP contribution in [-0.4, -0.2) is 16.2 Å². The molecule has 4 aromatic carbocycles. The molecule has 0 fully saturated rings. The van der Waals surface area contributed by atoms with E-state index in [-0.39, 0.29) is 33.9 Å². The van der Waals surface area contributed by atoms with Gasteiger partial charge >= 0.3 is 22.7 Å². The minimum absolute atomic E-state index is 0. The van der Waals surface area contributed by atoms with Gasteiger partial charge in [-0.2, -0.15) is 0 Å². The van der Waals surface area contributed by atoms with Crippen LogP contribution >= 0.6 is 45.8 Å². The number of allylic oxidation sites excluding steroid dienone is 1. The molecule has 0 bridgehead atoms. The van der Waals surface area contributed by atoms with Crippen molar-refractivity contribution < 1.29 is 36.9 Å². The molecule has 41 heavy (non-hydrogen) atoms. The van der Waals surface area contributed by atoms with Gasteiger partial charge in [0.1, 0.15) is 11.1 Å². The smallest absolute Gasteiger partial charge is 0.870 e. The average molecular weight is 747 g/mol. The molecule has 0 saturated heterocycles. The normalized spacial score (nSPS) is 10.6. The molecule has 6 nitrogen and oxygen atoms in total. The van der Waals surface area contributed by atoms with Crippen molar-refractivity contribution in [3.63, 3.8) is 0 Å². The maximum atomic E-state index is 12.5. The largest absolute Gasteiger partial charge is 1.00 e. The van der Waals surface area contributed by atoms with Gasteiger partial charge in [0.15, 0.2) is 5.78 Å². The molecule has 6 rings (SSSR count). The van der Waals surface area contributed by atoms with Crippen LogP contribution in [0, 0.1) is 3.57 Å². The summed E-state index contributed by atoms with van der Waals surface area (Å²) in [5.74, 6) is -0.455. The van der Waals surface area contributed by atoms with Gasteiger partial charge < -0.3 is 15.0 Å². The zero-order valence-electron chi connectivity index (χ0n) is 20.8. The van der Waals surface area contributed by atoms with Gasteiger partial charge in [-0.05, 0) is 87.5 Å². The van der Waals surface area contributed by atoms with Crippen molar-refractivity contribution in [1.29, 1.82) is 0 Å². The minimum atomic E-state index is -0.640. The van der Waals surface area contributed by atoms with Gasteiger partial charge in [0.2, 0.25) is 0 Å². The van der Waals surface area contributed by atoms with Gasteiger partial charge in [0.05, 0.1) is 10.5 Å². The van der Waals surface area contributed by atoms with Gasteiger partial charge in [-0.25, -0.2) is 4.79 Å². The number of benzene rings is 4. The molecule has 10 heteroatoms. The van der Waals surface area contributed by atoms with E-state index >= 15 is 0 Å². The molecule has 6 aromatic rings. The Morgan fingerprint density at radius 2 is 1.61 bits per heavy atom. The number of pyridine rings is 1. The van der Waals surface area contributed by atoms with E-state index in [4.69, 9.17) is 27.6 Å². The van der Waals surface area contributed by atoms with Crippen LogP contribution in [0.3, 0.4) is 0 Å². The van der Waals surface area contributed by atoms with Gasteiger partial charge in [0.25, 0.3) is 0 Å². The Bertz CT molecular complexity index is 1960. The third kappa shape index (κ3) is 7.16. The third-order valence-electron chi connectivity index (χ3n) is 5.96. The first kappa shape index (κ1) is 32.3. The van der Waals surface area contributed by atoms with E-state index < -0.39 is 11.4 Å². The Morgan fingerprint density at radius 1 is 0.902 bits per heavy atom. The van der Waals surface area contributed by atoms with Crippen LogP contribution in [0.25, 0.3) is 38.7 Å². The van der Waals surface area contributed by atoms with Crippen molar-refractivity contribution in [2.24, 2.45) is 0 Å². The second kappa shape index (κ2) is 14.1. The van der Waals surface area contributed by atoms with Crippen molar-refractivity contribution in [1.82, 2.24) is 4.98 Å². The number of hydrogen-bond acceptors (Lipinski definition) is 5. The summed E-state index contributed by atoms with van der Waals surface area (Å²) >= 11 is 13.8. The van der Waals surface area contributed by atoms with Crippen molar-refractivity contribution in [2.75, 3.05) is 0 Å². The Morgan fingerprint density at radius 3 is 2.37 bits per heavy atom. The Labute approximate surface area is 268 Å². The van der Waals surface area contributed by atoms with Crippen molar-refractivity contribution in [2.45, 2.75) is 0 Å². The van der Waals surface area contributed by atoms with E-state index in [0.29, 0.717) is 24.7 Å². The summed E-state index contributed by atoms with van der Waals surface area (Å²) in [5.41, 5.74) is 1.10. The third-order valence-corrected chi connectivity index (χ3v) is 7.32.